The third-order valence-corrected chi connectivity index (χ3v) is 3.60. The molecule has 0 fully saturated rings. The van der Waals surface area contributed by atoms with Crippen LogP contribution in [0.4, 0.5) is 0 Å². The van der Waals surface area contributed by atoms with Crippen molar-refractivity contribution in [2.75, 3.05) is 0 Å². The van der Waals surface area contributed by atoms with Gasteiger partial charge in [0.2, 0.25) is 0 Å². The van der Waals surface area contributed by atoms with Crippen LogP contribution in [0.1, 0.15) is 44.2 Å². The summed E-state index contributed by atoms with van der Waals surface area (Å²) in [5.74, 6) is 0.824. The van der Waals surface area contributed by atoms with Crippen LogP contribution in [0.15, 0.2) is 61.1 Å². The Labute approximate surface area is 143 Å². The third kappa shape index (κ3) is 5.47. The van der Waals surface area contributed by atoms with Gasteiger partial charge in [0.05, 0.1) is 5.69 Å². The highest BCUT2D eigenvalue weighted by Crippen LogP contribution is 2.15. The lowest BCUT2D eigenvalue weighted by atomic mass is 10.2. The summed E-state index contributed by atoms with van der Waals surface area (Å²) in [5, 5.41) is 0. The molecular weight excluding hydrogens is 298 g/mol. The van der Waals surface area contributed by atoms with Crippen LogP contribution in [-0.2, 0) is 4.79 Å². The summed E-state index contributed by atoms with van der Waals surface area (Å²) in [6.45, 7) is 4.36. The molecule has 0 saturated heterocycles. The lowest BCUT2D eigenvalue weighted by Gasteiger charge is -2.13. The van der Waals surface area contributed by atoms with Crippen molar-refractivity contribution in [3.8, 4) is 0 Å². The summed E-state index contributed by atoms with van der Waals surface area (Å²) in [7, 11) is 0. The smallest absolute Gasteiger partial charge is 0.178 e. The average Bonchev–Trinajstić information content (AvgIpc) is 3.07. The van der Waals surface area contributed by atoms with E-state index in [0.717, 1.165) is 24.4 Å². The van der Waals surface area contributed by atoms with Crippen LogP contribution in [0.2, 0.25) is 0 Å². The molecular formula is C20H23N3O. The standard InChI is InChI=1S/C20H23N3O/c1-3-8-17(2)23-16-15-22-20(23)11-5-4-10-19(24)13-12-18-9-6-7-14-21-18/h4-7,9-17H,3,8H2,1-2H3/b10-4+,11-5+,13-12+. The SMILES string of the molecule is CCCC(C)n1ccnc1/C=C/C=C/C(=O)/C=C/c1ccccn1. The highest BCUT2D eigenvalue weighted by molar-refractivity contribution is 6.02. The fraction of sp³-hybridized carbons (Fsp3) is 0.250. The fourth-order valence-electron chi connectivity index (χ4n) is 2.37. The van der Waals surface area contributed by atoms with Crippen LogP contribution in [0.5, 0.6) is 0 Å². The van der Waals surface area contributed by atoms with Gasteiger partial charge in [0, 0.05) is 24.6 Å². The normalized spacial score (nSPS) is 13.2. The molecule has 24 heavy (non-hydrogen) atoms. The van der Waals surface area contributed by atoms with Gasteiger partial charge in [0.1, 0.15) is 5.82 Å². The molecule has 124 valence electrons. The minimum Gasteiger partial charge on any atom is -0.329 e. The quantitative estimate of drug-likeness (QED) is 0.531. The van der Waals surface area contributed by atoms with Crippen molar-refractivity contribution < 1.29 is 4.79 Å². The zero-order valence-corrected chi connectivity index (χ0v) is 14.2. The molecule has 1 unspecified atom stereocenters. The Morgan fingerprint density at radius 3 is 2.79 bits per heavy atom. The van der Waals surface area contributed by atoms with Crippen molar-refractivity contribution in [1.29, 1.82) is 0 Å². The van der Waals surface area contributed by atoms with Crippen molar-refractivity contribution in [2.45, 2.75) is 32.7 Å². The highest BCUT2D eigenvalue weighted by atomic mass is 16.1. The van der Waals surface area contributed by atoms with Crippen LogP contribution in [0, 0.1) is 0 Å². The van der Waals surface area contributed by atoms with Gasteiger partial charge in [-0.1, -0.05) is 31.6 Å². The van der Waals surface area contributed by atoms with Gasteiger partial charge in [-0.05, 0) is 49.8 Å². The molecule has 2 aromatic rings. The maximum Gasteiger partial charge on any atom is 0.178 e. The Hall–Kier alpha value is -2.75. The zero-order valence-electron chi connectivity index (χ0n) is 14.2. The van der Waals surface area contributed by atoms with E-state index >= 15 is 0 Å². The maximum absolute atomic E-state index is 11.8. The number of carbonyl (C=O) groups is 1. The summed E-state index contributed by atoms with van der Waals surface area (Å²) in [6, 6.07) is 6.00. The molecule has 4 heteroatoms. The summed E-state index contributed by atoms with van der Waals surface area (Å²) in [4.78, 5) is 20.3. The first-order chi connectivity index (χ1) is 11.7. The molecule has 0 amide bonds. The van der Waals surface area contributed by atoms with Crippen LogP contribution in [-0.4, -0.2) is 20.3 Å². The second-order valence-corrected chi connectivity index (χ2v) is 5.54. The third-order valence-electron chi connectivity index (χ3n) is 3.60. The first kappa shape index (κ1) is 17.6. The molecule has 2 heterocycles. The van der Waals surface area contributed by atoms with Crippen LogP contribution >= 0.6 is 0 Å². The Balaban J connectivity index is 1.92. The molecule has 0 spiro atoms. The van der Waals surface area contributed by atoms with Crippen molar-refractivity contribution >= 4 is 17.9 Å². The van der Waals surface area contributed by atoms with E-state index in [1.54, 1.807) is 24.5 Å². The zero-order chi connectivity index (χ0) is 17.2. The number of ketones is 1. The van der Waals surface area contributed by atoms with Gasteiger partial charge < -0.3 is 4.57 Å². The molecule has 0 radical (unpaired) electrons. The van der Waals surface area contributed by atoms with E-state index < -0.39 is 0 Å². The Kier molecular flexibility index (Phi) is 6.90. The van der Waals surface area contributed by atoms with E-state index in [2.05, 4.69) is 28.4 Å². The molecule has 2 aromatic heterocycles. The molecule has 0 aromatic carbocycles. The Morgan fingerprint density at radius 2 is 2.04 bits per heavy atom. The second-order valence-electron chi connectivity index (χ2n) is 5.54. The minimum absolute atomic E-state index is 0.0759. The van der Waals surface area contributed by atoms with Crippen molar-refractivity contribution in [2.24, 2.45) is 0 Å². The van der Waals surface area contributed by atoms with Crippen LogP contribution in [0.3, 0.4) is 0 Å². The molecule has 2 rings (SSSR count). The average molecular weight is 321 g/mol. The van der Waals surface area contributed by atoms with E-state index in [1.165, 1.54) is 12.2 Å². The van der Waals surface area contributed by atoms with Crippen LogP contribution in [0.25, 0.3) is 12.2 Å². The minimum atomic E-state index is -0.0759. The molecule has 0 aliphatic rings. The van der Waals surface area contributed by atoms with E-state index in [-0.39, 0.29) is 5.78 Å². The fourth-order valence-corrected chi connectivity index (χ4v) is 2.37. The number of pyridine rings is 1. The number of rotatable bonds is 8. The van der Waals surface area contributed by atoms with Crippen molar-refractivity contribution in [1.82, 2.24) is 14.5 Å². The molecule has 4 nitrogen and oxygen atoms in total. The largest absolute Gasteiger partial charge is 0.329 e. The summed E-state index contributed by atoms with van der Waals surface area (Å²) >= 11 is 0. The summed E-state index contributed by atoms with van der Waals surface area (Å²) in [6.07, 6.45) is 18.0. The summed E-state index contributed by atoms with van der Waals surface area (Å²) < 4.78 is 2.15. The van der Waals surface area contributed by atoms with Gasteiger partial charge in [-0.3, -0.25) is 9.78 Å². The van der Waals surface area contributed by atoms with E-state index in [1.807, 2.05) is 36.5 Å². The van der Waals surface area contributed by atoms with Crippen molar-refractivity contribution in [3.05, 3.63) is 72.6 Å². The molecule has 0 saturated carbocycles. The van der Waals surface area contributed by atoms with Crippen LogP contribution < -0.4 is 0 Å². The topological polar surface area (TPSA) is 47.8 Å². The van der Waals surface area contributed by atoms with E-state index in [9.17, 15) is 4.79 Å². The summed E-state index contributed by atoms with van der Waals surface area (Å²) in [5.41, 5.74) is 0.765. The highest BCUT2D eigenvalue weighted by Gasteiger charge is 2.06. The van der Waals surface area contributed by atoms with Crippen molar-refractivity contribution in [3.63, 3.8) is 0 Å². The predicted octanol–water partition coefficient (Wildman–Crippen LogP) is 4.49. The maximum atomic E-state index is 11.8. The number of nitrogens with zero attached hydrogens (tertiary/aromatic N) is 3. The van der Waals surface area contributed by atoms with Gasteiger partial charge >= 0.3 is 0 Å². The number of carbonyl (C=O) groups excluding carboxylic acids is 1. The monoisotopic (exact) mass is 321 g/mol. The first-order valence-electron chi connectivity index (χ1n) is 8.21. The number of imidazole rings is 1. The van der Waals surface area contributed by atoms with E-state index in [4.69, 9.17) is 0 Å². The van der Waals surface area contributed by atoms with Gasteiger partial charge in [0.15, 0.2) is 5.78 Å². The second kappa shape index (κ2) is 9.40. The van der Waals surface area contributed by atoms with Gasteiger partial charge in [0.25, 0.3) is 0 Å². The lowest BCUT2D eigenvalue weighted by Crippen LogP contribution is -2.05. The molecule has 1 atom stereocenters. The molecule has 0 aliphatic heterocycles. The molecule has 0 bridgehead atoms. The van der Waals surface area contributed by atoms with E-state index in [0.29, 0.717) is 6.04 Å². The van der Waals surface area contributed by atoms with Gasteiger partial charge in [-0.2, -0.15) is 0 Å². The van der Waals surface area contributed by atoms with Gasteiger partial charge in [-0.25, -0.2) is 4.98 Å². The first-order valence-corrected chi connectivity index (χ1v) is 8.21. The van der Waals surface area contributed by atoms with Gasteiger partial charge in [-0.15, -0.1) is 0 Å². The number of aromatic nitrogens is 3. The Bertz CT molecular complexity index is 726. The number of allylic oxidation sites excluding steroid dienone is 4. The molecule has 0 N–H and O–H groups in total. The predicted molar refractivity (Wildman–Crippen MR) is 98.3 cm³/mol. The lowest BCUT2D eigenvalue weighted by molar-refractivity contribution is -0.110. The number of hydrogen-bond donors (Lipinski definition) is 0. The number of hydrogen-bond acceptors (Lipinski definition) is 3. The molecule has 0 aliphatic carbocycles. The Morgan fingerprint density at radius 1 is 1.17 bits per heavy atom.